The molecule has 1 aliphatic rings. The molecule has 1 aliphatic carbocycles. The van der Waals surface area contributed by atoms with Crippen LogP contribution in [-0.4, -0.2) is 10.6 Å². The van der Waals surface area contributed by atoms with Crippen LogP contribution < -0.4 is 0 Å². The first-order valence-corrected chi connectivity index (χ1v) is 8.49. The van der Waals surface area contributed by atoms with Crippen molar-refractivity contribution in [3.8, 4) is 0 Å². The Hall–Kier alpha value is 0.520. The van der Waals surface area contributed by atoms with Gasteiger partial charge in [-0.05, 0) is 47.9 Å². The molecular formula is C14H24F3I. The Morgan fingerprint density at radius 2 is 1.67 bits per heavy atom. The lowest BCUT2D eigenvalue weighted by atomic mass is 9.73. The quantitative estimate of drug-likeness (QED) is 0.418. The van der Waals surface area contributed by atoms with Crippen LogP contribution >= 0.6 is 22.6 Å². The minimum Gasteiger partial charge on any atom is -0.171 e. The molecule has 0 bridgehead atoms. The van der Waals surface area contributed by atoms with Gasteiger partial charge in [0.2, 0.25) is 0 Å². The summed E-state index contributed by atoms with van der Waals surface area (Å²) in [6.45, 7) is 3.32. The normalized spacial score (nSPS) is 29.0. The third kappa shape index (κ3) is 5.25. The van der Waals surface area contributed by atoms with Crippen LogP contribution in [0.3, 0.4) is 0 Å². The fraction of sp³-hybridized carbons (Fsp3) is 1.00. The Morgan fingerprint density at radius 3 is 2.11 bits per heavy atom. The number of rotatable bonds is 5. The number of hydrogen-bond acceptors (Lipinski definition) is 0. The third-order valence-corrected chi connectivity index (χ3v) is 5.12. The summed E-state index contributed by atoms with van der Waals surface area (Å²) in [7, 11) is 0. The summed E-state index contributed by atoms with van der Waals surface area (Å²) in [5.41, 5.74) is 0. The number of halogens is 4. The second kappa shape index (κ2) is 7.34. The smallest absolute Gasteiger partial charge is 0.171 e. The van der Waals surface area contributed by atoms with Crippen LogP contribution in [0.15, 0.2) is 0 Å². The van der Waals surface area contributed by atoms with Crippen LogP contribution in [-0.2, 0) is 0 Å². The first-order valence-electron chi connectivity index (χ1n) is 6.97. The van der Waals surface area contributed by atoms with Gasteiger partial charge >= 0.3 is 6.18 Å². The summed E-state index contributed by atoms with van der Waals surface area (Å²) in [4.78, 5) is 0. The fourth-order valence-electron chi connectivity index (χ4n) is 3.08. The van der Waals surface area contributed by atoms with Crippen molar-refractivity contribution in [3.63, 3.8) is 0 Å². The van der Waals surface area contributed by atoms with E-state index in [4.69, 9.17) is 0 Å². The molecule has 0 N–H and O–H groups in total. The van der Waals surface area contributed by atoms with Gasteiger partial charge in [0.05, 0.1) is 5.92 Å². The van der Waals surface area contributed by atoms with Crippen LogP contribution in [0.25, 0.3) is 0 Å². The number of hydrogen-bond donors (Lipinski definition) is 0. The molecule has 0 amide bonds. The summed E-state index contributed by atoms with van der Waals surface area (Å²) in [6, 6.07) is 0. The van der Waals surface area contributed by atoms with E-state index < -0.39 is 12.1 Å². The van der Waals surface area contributed by atoms with E-state index in [9.17, 15) is 13.2 Å². The van der Waals surface area contributed by atoms with Gasteiger partial charge in [0.25, 0.3) is 0 Å². The molecule has 0 saturated heterocycles. The maximum Gasteiger partial charge on any atom is 0.391 e. The Kier molecular flexibility index (Phi) is 6.76. The van der Waals surface area contributed by atoms with Crippen molar-refractivity contribution in [2.45, 2.75) is 58.5 Å². The van der Waals surface area contributed by atoms with Crippen LogP contribution in [0, 0.1) is 23.7 Å². The Balaban J connectivity index is 2.34. The fourth-order valence-corrected chi connectivity index (χ4v) is 3.96. The van der Waals surface area contributed by atoms with Crippen LogP contribution in [0.5, 0.6) is 0 Å². The largest absolute Gasteiger partial charge is 0.391 e. The molecule has 108 valence electrons. The average molecular weight is 376 g/mol. The molecule has 2 atom stereocenters. The van der Waals surface area contributed by atoms with E-state index in [1.165, 1.54) is 30.6 Å². The molecule has 0 spiro atoms. The molecule has 0 aromatic heterocycles. The molecule has 1 unspecified atom stereocenters. The van der Waals surface area contributed by atoms with Gasteiger partial charge < -0.3 is 0 Å². The van der Waals surface area contributed by atoms with Crippen molar-refractivity contribution < 1.29 is 13.2 Å². The molecule has 18 heavy (non-hydrogen) atoms. The zero-order valence-electron chi connectivity index (χ0n) is 11.3. The van der Waals surface area contributed by atoms with Gasteiger partial charge in [0, 0.05) is 0 Å². The first kappa shape index (κ1) is 16.6. The zero-order valence-corrected chi connectivity index (χ0v) is 13.4. The highest BCUT2D eigenvalue weighted by atomic mass is 127. The van der Waals surface area contributed by atoms with E-state index in [1.54, 1.807) is 0 Å². The van der Waals surface area contributed by atoms with Crippen molar-refractivity contribution in [2.75, 3.05) is 4.43 Å². The SMILES string of the molecule is CC(C[C@@H](C)C1CCC(CCI)CC1)C(F)(F)F. The van der Waals surface area contributed by atoms with Crippen molar-refractivity contribution in [3.05, 3.63) is 0 Å². The van der Waals surface area contributed by atoms with E-state index >= 15 is 0 Å². The summed E-state index contributed by atoms with van der Waals surface area (Å²) in [5.74, 6) is 0.396. The lowest BCUT2D eigenvalue weighted by molar-refractivity contribution is -0.174. The Morgan fingerprint density at radius 1 is 1.11 bits per heavy atom. The zero-order chi connectivity index (χ0) is 13.8. The second-order valence-electron chi connectivity index (χ2n) is 5.91. The highest BCUT2D eigenvalue weighted by molar-refractivity contribution is 14.1. The standard InChI is InChI=1S/C14H24F3I/c1-10(9-11(2)14(15,16)17)13-5-3-12(4-6-13)7-8-18/h10-13H,3-9H2,1-2H3/t10-,11?,12?,13?/m1/s1. The monoisotopic (exact) mass is 376 g/mol. The van der Waals surface area contributed by atoms with E-state index in [2.05, 4.69) is 22.6 Å². The van der Waals surface area contributed by atoms with E-state index in [1.807, 2.05) is 6.92 Å². The van der Waals surface area contributed by atoms with Crippen molar-refractivity contribution in [2.24, 2.45) is 23.7 Å². The molecule has 0 heterocycles. The Bertz CT molecular complexity index is 232. The number of alkyl halides is 4. The first-order chi connectivity index (χ1) is 8.34. The van der Waals surface area contributed by atoms with Crippen molar-refractivity contribution in [1.82, 2.24) is 0 Å². The minimum absolute atomic E-state index is 0.210. The maximum atomic E-state index is 12.5. The van der Waals surface area contributed by atoms with Crippen molar-refractivity contribution >= 4 is 22.6 Å². The van der Waals surface area contributed by atoms with E-state index in [0.717, 1.165) is 18.8 Å². The second-order valence-corrected chi connectivity index (χ2v) is 6.99. The molecule has 0 aromatic carbocycles. The highest BCUT2D eigenvalue weighted by Gasteiger charge is 2.38. The molecule has 4 heteroatoms. The van der Waals surface area contributed by atoms with Gasteiger partial charge in [-0.1, -0.05) is 49.3 Å². The van der Waals surface area contributed by atoms with Crippen LogP contribution in [0.1, 0.15) is 52.4 Å². The predicted molar refractivity (Wildman–Crippen MR) is 78.0 cm³/mol. The Labute approximate surface area is 122 Å². The van der Waals surface area contributed by atoms with E-state index in [-0.39, 0.29) is 5.92 Å². The molecular weight excluding hydrogens is 352 g/mol. The summed E-state index contributed by atoms with van der Waals surface area (Å²) >= 11 is 2.41. The maximum absolute atomic E-state index is 12.5. The predicted octanol–water partition coefficient (Wildman–Crippen LogP) is 5.84. The summed E-state index contributed by atoms with van der Waals surface area (Å²) < 4.78 is 38.8. The summed E-state index contributed by atoms with van der Waals surface area (Å²) in [5, 5.41) is 0. The van der Waals surface area contributed by atoms with E-state index in [0.29, 0.717) is 12.3 Å². The van der Waals surface area contributed by atoms with Gasteiger partial charge in [-0.3, -0.25) is 0 Å². The lowest BCUT2D eigenvalue weighted by Gasteiger charge is -2.33. The molecule has 0 aliphatic heterocycles. The molecule has 1 fully saturated rings. The summed E-state index contributed by atoms with van der Waals surface area (Å²) in [6.07, 6.45) is 2.26. The van der Waals surface area contributed by atoms with Crippen LogP contribution in [0.2, 0.25) is 0 Å². The van der Waals surface area contributed by atoms with Gasteiger partial charge in [0.1, 0.15) is 0 Å². The molecule has 0 nitrogen and oxygen atoms in total. The molecule has 1 rings (SSSR count). The molecule has 0 aromatic rings. The van der Waals surface area contributed by atoms with Gasteiger partial charge in [-0.15, -0.1) is 0 Å². The molecule has 0 radical (unpaired) electrons. The third-order valence-electron chi connectivity index (χ3n) is 4.50. The topological polar surface area (TPSA) is 0 Å². The molecule has 1 saturated carbocycles. The van der Waals surface area contributed by atoms with Gasteiger partial charge in [-0.2, -0.15) is 13.2 Å². The average Bonchev–Trinajstić information content (AvgIpc) is 2.29. The minimum atomic E-state index is -4.02. The lowest BCUT2D eigenvalue weighted by Crippen LogP contribution is -2.26. The van der Waals surface area contributed by atoms with Crippen molar-refractivity contribution in [1.29, 1.82) is 0 Å². The van der Waals surface area contributed by atoms with Gasteiger partial charge in [-0.25, -0.2) is 0 Å². The van der Waals surface area contributed by atoms with Gasteiger partial charge in [0.15, 0.2) is 0 Å². The highest BCUT2D eigenvalue weighted by Crippen LogP contribution is 2.39. The van der Waals surface area contributed by atoms with Crippen LogP contribution in [0.4, 0.5) is 13.2 Å².